The molecule has 0 saturated carbocycles. The molecule has 0 spiro atoms. The van der Waals surface area contributed by atoms with Gasteiger partial charge in [0.25, 0.3) is 10.9 Å². The summed E-state index contributed by atoms with van der Waals surface area (Å²) in [5.41, 5.74) is 1.42. The fourth-order valence-corrected chi connectivity index (χ4v) is 4.59. The molecule has 1 aliphatic rings. The Bertz CT molecular complexity index is 1240. The molecular weight excluding hydrogens is 510 g/mol. The van der Waals surface area contributed by atoms with Crippen molar-refractivity contribution in [2.75, 3.05) is 56.6 Å². The van der Waals surface area contributed by atoms with E-state index in [4.69, 9.17) is 9.57 Å². The van der Waals surface area contributed by atoms with E-state index in [1.807, 2.05) is 30.3 Å². The smallest absolute Gasteiger partial charge is 0.253 e. The molecular formula is C30H39N5O5. The highest BCUT2D eigenvalue weighted by atomic mass is 16.7. The fourth-order valence-electron chi connectivity index (χ4n) is 4.59. The number of carbonyl (C=O) groups is 1. The first-order valence-corrected chi connectivity index (χ1v) is 14.1. The van der Waals surface area contributed by atoms with Crippen LogP contribution < -0.4 is 21.5 Å². The molecule has 1 amide bonds. The number of benzene rings is 1. The van der Waals surface area contributed by atoms with E-state index in [1.54, 1.807) is 24.5 Å². The van der Waals surface area contributed by atoms with Gasteiger partial charge in [0.15, 0.2) is 0 Å². The molecule has 0 bridgehead atoms. The van der Waals surface area contributed by atoms with Crippen molar-refractivity contribution >= 4 is 23.0 Å². The Balaban J connectivity index is 1.12. The van der Waals surface area contributed by atoms with Crippen LogP contribution in [-0.2, 0) is 20.9 Å². The lowest BCUT2D eigenvalue weighted by molar-refractivity contribution is -0.192. The zero-order valence-electron chi connectivity index (χ0n) is 23.0. The van der Waals surface area contributed by atoms with Gasteiger partial charge in [0.1, 0.15) is 11.4 Å². The van der Waals surface area contributed by atoms with Crippen molar-refractivity contribution in [1.29, 1.82) is 0 Å². The number of hydroxylamine groups is 2. The predicted molar refractivity (Wildman–Crippen MR) is 155 cm³/mol. The Kier molecular flexibility index (Phi) is 11.6. The van der Waals surface area contributed by atoms with Crippen molar-refractivity contribution < 1.29 is 14.4 Å². The first-order chi connectivity index (χ1) is 19.6. The SMILES string of the molecule is O=C(CCCCCCCNc1c(Nc2ccncc2)c(=O)c1=O)N(Cc1ccccc1)OCCN1CCOCC1. The summed E-state index contributed by atoms with van der Waals surface area (Å²) in [6, 6.07) is 13.4. The van der Waals surface area contributed by atoms with E-state index in [9.17, 15) is 14.4 Å². The van der Waals surface area contributed by atoms with Gasteiger partial charge in [-0.3, -0.25) is 29.1 Å². The molecule has 2 heterocycles. The molecule has 2 aromatic carbocycles. The number of hydrogen-bond donors (Lipinski definition) is 2. The molecule has 1 aliphatic heterocycles. The Labute approximate surface area is 234 Å². The van der Waals surface area contributed by atoms with Crippen LogP contribution in [0.4, 0.5) is 17.1 Å². The van der Waals surface area contributed by atoms with Gasteiger partial charge in [0.2, 0.25) is 5.91 Å². The number of ether oxygens (including phenoxy) is 1. The van der Waals surface area contributed by atoms with Crippen molar-refractivity contribution in [2.45, 2.75) is 45.1 Å². The van der Waals surface area contributed by atoms with Gasteiger partial charge in [-0.1, -0.05) is 49.6 Å². The number of hydrogen-bond acceptors (Lipinski definition) is 9. The summed E-state index contributed by atoms with van der Waals surface area (Å²) in [5, 5.41) is 7.61. The Morgan fingerprint density at radius 2 is 1.62 bits per heavy atom. The van der Waals surface area contributed by atoms with Gasteiger partial charge in [0, 0.05) is 50.7 Å². The highest BCUT2D eigenvalue weighted by Gasteiger charge is 2.20. The van der Waals surface area contributed by atoms with Crippen LogP contribution in [0, 0.1) is 0 Å². The number of rotatable bonds is 17. The van der Waals surface area contributed by atoms with Crippen LogP contribution >= 0.6 is 0 Å². The molecule has 4 rings (SSSR count). The van der Waals surface area contributed by atoms with Crippen molar-refractivity contribution in [1.82, 2.24) is 14.9 Å². The predicted octanol–water partition coefficient (Wildman–Crippen LogP) is 3.47. The van der Waals surface area contributed by atoms with Gasteiger partial charge in [-0.05, 0) is 30.5 Å². The average Bonchev–Trinajstić information content (AvgIpc) is 3.00. The first kappa shape index (κ1) is 29.4. The number of unbranched alkanes of at least 4 members (excludes halogenated alkanes) is 4. The summed E-state index contributed by atoms with van der Waals surface area (Å²) in [7, 11) is 0. The topological polar surface area (TPSA) is 113 Å². The molecule has 0 radical (unpaired) electrons. The number of nitrogens with one attached hydrogen (secondary N) is 2. The minimum absolute atomic E-state index is 0.00169. The quantitative estimate of drug-likeness (QED) is 0.148. The number of pyridine rings is 1. The number of nitrogens with zero attached hydrogens (tertiary/aromatic N) is 3. The summed E-state index contributed by atoms with van der Waals surface area (Å²) in [6.45, 7) is 5.54. The summed E-state index contributed by atoms with van der Waals surface area (Å²) < 4.78 is 5.40. The second kappa shape index (κ2) is 15.9. The van der Waals surface area contributed by atoms with Gasteiger partial charge in [-0.2, -0.15) is 0 Å². The maximum absolute atomic E-state index is 13.0. The zero-order valence-corrected chi connectivity index (χ0v) is 23.0. The maximum Gasteiger partial charge on any atom is 0.253 e. The monoisotopic (exact) mass is 549 g/mol. The van der Waals surface area contributed by atoms with Crippen molar-refractivity contribution in [3.63, 3.8) is 0 Å². The van der Waals surface area contributed by atoms with Crippen LogP contribution in [0.5, 0.6) is 0 Å². The maximum atomic E-state index is 13.0. The minimum Gasteiger partial charge on any atom is -0.380 e. The number of morpholine rings is 1. The standard InChI is InChI=1S/C30H39N5O5/c36-26(35(23-24-9-5-4-6-10-24)40-22-19-34-17-20-39-21-18-34)11-7-2-1-3-8-14-32-27-28(30(38)29(27)37)33-25-12-15-31-16-13-25/h4-6,9-10,12-13,15-16,32H,1-3,7-8,11,14,17-23H2,(H,31,33). The molecule has 1 fully saturated rings. The molecule has 0 aliphatic carbocycles. The van der Waals surface area contributed by atoms with Crippen molar-refractivity contribution in [3.05, 3.63) is 80.9 Å². The Morgan fingerprint density at radius 3 is 2.40 bits per heavy atom. The normalized spacial score (nSPS) is 13.8. The summed E-state index contributed by atoms with van der Waals surface area (Å²) in [6.07, 6.45) is 8.23. The fraction of sp³-hybridized carbons (Fsp3) is 0.467. The third-order valence-electron chi connectivity index (χ3n) is 6.93. The van der Waals surface area contributed by atoms with E-state index in [0.717, 1.165) is 70.5 Å². The van der Waals surface area contributed by atoms with Crippen LogP contribution in [-0.4, -0.2) is 66.9 Å². The van der Waals surface area contributed by atoms with E-state index >= 15 is 0 Å². The second-order valence-corrected chi connectivity index (χ2v) is 9.92. The first-order valence-electron chi connectivity index (χ1n) is 14.1. The lowest BCUT2D eigenvalue weighted by Gasteiger charge is -2.28. The van der Waals surface area contributed by atoms with E-state index in [1.165, 1.54) is 5.06 Å². The van der Waals surface area contributed by atoms with Gasteiger partial charge in [0.05, 0.1) is 26.4 Å². The molecule has 2 N–H and O–H groups in total. The second-order valence-electron chi connectivity index (χ2n) is 9.92. The van der Waals surface area contributed by atoms with Crippen LogP contribution in [0.1, 0.15) is 44.1 Å². The molecule has 10 nitrogen and oxygen atoms in total. The molecule has 3 aromatic rings. The van der Waals surface area contributed by atoms with E-state index in [2.05, 4.69) is 20.5 Å². The van der Waals surface area contributed by atoms with E-state index in [0.29, 0.717) is 43.2 Å². The van der Waals surface area contributed by atoms with Crippen LogP contribution in [0.3, 0.4) is 0 Å². The van der Waals surface area contributed by atoms with E-state index in [-0.39, 0.29) is 5.91 Å². The highest BCUT2D eigenvalue weighted by Crippen LogP contribution is 2.20. The largest absolute Gasteiger partial charge is 0.380 e. The van der Waals surface area contributed by atoms with Crippen LogP contribution in [0.25, 0.3) is 0 Å². The number of carbonyl (C=O) groups excluding carboxylic acids is 1. The van der Waals surface area contributed by atoms with Crippen molar-refractivity contribution in [2.24, 2.45) is 0 Å². The van der Waals surface area contributed by atoms with Gasteiger partial charge in [-0.15, -0.1) is 0 Å². The summed E-state index contributed by atoms with van der Waals surface area (Å²) in [5.74, 6) is 0.00169. The van der Waals surface area contributed by atoms with Crippen molar-refractivity contribution in [3.8, 4) is 0 Å². The molecule has 1 aromatic heterocycles. The highest BCUT2D eigenvalue weighted by molar-refractivity contribution is 5.78. The Morgan fingerprint density at radius 1 is 0.925 bits per heavy atom. The zero-order chi connectivity index (χ0) is 28.0. The molecule has 1 saturated heterocycles. The van der Waals surface area contributed by atoms with Gasteiger partial charge >= 0.3 is 0 Å². The summed E-state index contributed by atoms with van der Waals surface area (Å²) >= 11 is 0. The third-order valence-corrected chi connectivity index (χ3v) is 6.93. The van der Waals surface area contributed by atoms with Gasteiger partial charge < -0.3 is 15.4 Å². The summed E-state index contributed by atoms with van der Waals surface area (Å²) in [4.78, 5) is 49.1. The molecule has 40 heavy (non-hydrogen) atoms. The number of aromatic nitrogens is 1. The number of amides is 1. The minimum atomic E-state index is -0.504. The van der Waals surface area contributed by atoms with Crippen LogP contribution in [0.15, 0.2) is 64.4 Å². The molecule has 10 heteroatoms. The van der Waals surface area contributed by atoms with Crippen LogP contribution in [0.2, 0.25) is 0 Å². The lowest BCUT2D eigenvalue weighted by Crippen LogP contribution is -2.40. The van der Waals surface area contributed by atoms with Gasteiger partial charge in [-0.25, -0.2) is 5.06 Å². The molecule has 214 valence electrons. The Hall–Kier alpha value is -3.60. The lowest BCUT2D eigenvalue weighted by atomic mass is 10.1. The van der Waals surface area contributed by atoms with E-state index < -0.39 is 10.9 Å². The number of anilines is 3. The molecule has 0 atom stereocenters. The molecule has 0 unspecified atom stereocenters. The third kappa shape index (κ3) is 8.97. The average molecular weight is 550 g/mol.